The first-order chi connectivity index (χ1) is 8.35. The molecular formula is C13H21NO3S. The van der Waals surface area contributed by atoms with E-state index in [0.717, 1.165) is 5.75 Å². The van der Waals surface area contributed by atoms with Gasteiger partial charge in [-0.05, 0) is 20.8 Å². The molecule has 0 unspecified atom stereocenters. The lowest BCUT2D eigenvalue weighted by molar-refractivity contribution is -0.155. The van der Waals surface area contributed by atoms with Crippen molar-refractivity contribution in [3.63, 3.8) is 0 Å². The number of carbonyl (C=O) groups is 2. The van der Waals surface area contributed by atoms with E-state index in [4.69, 9.17) is 11.2 Å². The zero-order valence-corrected chi connectivity index (χ0v) is 12.1. The molecule has 0 aliphatic rings. The van der Waals surface area contributed by atoms with Crippen LogP contribution < -0.4 is 5.32 Å². The summed E-state index contributed by atoms with van der Waals surface area (Å²) < 4.78 is 5.10. The third-order valence-electron chi connectivity index (χ3n) is 1.73. The molecule has 0 atom stereocenters. The molecule has 1 N–H and O–H groups in total. The van der Waals surface area contributed by atoms with E-state index < -0.39 is 5.60 Å². The van der Waals surface area contributed by atoms with E-state index >= 15 is 0 Å². The summed E-state index contributed by atoms with van der Waals surface area (Å²) in [7, 11) is 0. The number of ether oxygens (including phenoxy) is 1. The molecular weight excluding hydrogens is 250 g/mol. The summed E-state index contributed by atoms with van der Waals surface area (Å²) in [4.78, 5) is 22.7. The molecule has 0 aliphatic carbocycles. The van der Waals surface area contributed by atoms with Gasteiger partial charge in [0.2, 0.25) is 5.91 Å². The van der Waals surface area contributed by atoms with Gasteiger partial charge in [0, 0.05) is 18.7 Å². The molecule has 0 heterocycles. The predicted molar refractivity (Wildman–Crippen MR) is 74.2 cm³/mol. The van der Waals surface area contributed by atoms with Gasteiger partial charge >= 0.3 is 5.97 Å². The van der Waals surface area contributed by atoms with Gasteiger partial charge in [-0.1, -0.05) is 5.92 Å². The first kappa shape index (κ1) is 16.9. The minimum atomic E-state index is -0.501. The molecule has 0 radical (unpaired) electrons. The van der Waals surface area contributed by atoms with Crippen molar-refractivity contribution in [3.05, 3.63) is 0 Å². The lowest BCUT2D eigenvalue weighted by Crippen LogP contribution is -2.28. The minimum absolute atomic E-state index is 0.112. The lowest BCUT2D eigenvalue weighted by atomic mass is 10.2. The molecule has 1 amide bonds. The van der Waals surface area contributed by atoms with E-state index in [9.17, 15) is 9.59 Å². The maximum Gasteiger partial charge on any atom is 0.306 e. The van der Waals surface area contributed by atoms with E-state index in [1.165, 1.54) is 0 Å². The van der Waals surface area contributed by atoms with E-state index in [1.807, 2.05) is 0 Å². The van der Waals surface area contributed by atoms with Crippen LogP contribution in [0.15, 0.2) is 0 Å². The van der Waals surface area contributed by atoms with Gasteiger partial charge < -0.3 is 10.1 Å². The van der Waals surface area contributed by atoms with Crippen molar-refractivity contribution < 1.29 is 14.3 Å². The van der Waals surface area contributed by atoms with Crippen molar-refractivity contribution in [1.29, 1.82) is 0 Å². The van der Waals surface area contributed by atoms with Gasteiger partial charge in [-0.15, -0.1) is 18.2 Å². The summed E-state index contributed by atoms with van der Waals surface area (Å²) in [5.74, 6) is 3.45. The summed E-state index contributed by atoms with van der Waals surface area (Å²) in [6.07, 6.45) is 5.37. The molecule has 0 aliphatic heterocycles. The van der Waals surface area contributed by atoms with Gasteiger partial charge in [0.05, 0.1) is 12.2 Å². The Morgan fingerprint density at radius 1 is 1.33 bits per heavy atom. The highest BCUT2D eigenvalue weighted by atomic mass is 32.2. The third kappa shape index (κ3) is 11.3. The zero-order valence-electron chi connectivity index (χ0n) is 11.2. The Kier molecular flexibility index (Phi) is 8.30. The SMILES string of the molecule is C#CCSCCNC(=O)CCC(=O)OC(C)(C)C. The number of terminal acetylenes is 1. The highest BCUT2D eigenvalue weighted by Gasteiger charge is 2.16. The third-order valence-corrected chi connectivity index (χ3v) is 2.59. The van der Waals surface area contributed by atoms with Gasteiger partial charge in [-0.25, -0.2) is 0 Å². The molecule has 0 saturated heterocycles. The number of carbonyl (C=O) groups excluding carboxylic acids is 2. The number of nitrogens with one attached hydrogen (secondary N) is 1. The first-order valence-electron chi connectivity index (χ1n) is 5.85. The van der Waals surface area contributed by atoms with Crippen LogP contribution in [0.25, 0.3) is 0 Å². The van der Waals surface area contributed by atoms with Gasteiger partial charge in [0.15, 0.2) is 0 Å². The largest absolute Gasteiger partial charge is 0.460 e. The quantitative estimate of drug-likeness (QED) is 0.434. The number of rotatable bonds is 7. The summed E-state index contributed by atoms with van der Waals surface area (Å²) in [6, 6.07) is 0. The lowest BCUT2D eigenvalue weighted by Gasteiger charge is -2.19. The van der Waals surface area contributed by atoms with E-state index in [1.54, 1.807) is 32.5 Å². The normalized spacial score (nSPS) is 10.6. The Morgan fingerprint density at radius 2 is 2.00 bits per heavy atom. The van der Waals surface area contributed by atoms with Crippen molar-refractivity contribution in [2.24, 2.45) is 0 Å². The average Bonchev–Trinajstić information content (AvgIpc) is 2.24. The second kappa shape index (κ2) is 8.87. The summed E-state index contributed by atoms with van der Waals surface area (Å²) >= 11 is 1.59. The average molecular weight is 271 g/mol. The molecule has 0 spiro atoms. The predicted octanol–water partition coefficient (Wildman–Crippen LogP) is 1.59. The Labute approximate surface area is 113 Å². The maximum atomic E-state index is 11.4. The number of hydrogen-bond donors (Lipinski definition) is 1. The number of amides is 1. The smallest absolute Gasteiger partial charge is 0.306 e. The van der Waals surface area contributed by atoms with E-state index in [2.05, 4.69) is 11.2 Å². The van der Waals surface area contributed by atoms with Crippen LogP contribution in [0, 0.1) is 12.3 Å². The van der Waals surface area contributed by atoms with Crippen molar-refractivity contribution in [1.82, 2.24) is 5.32 Å². The number of esters is 1. The van der Waals surface area contributed by atoms with Crippen molar-refractivity contribution >= 4 is 23.6 Å². The molecule has 0 aromatic heterocycles. The molecule has 0 saturated carbocycles. The van der Waals surface area contributed by atoms with Crippen LogP contribution in [-0.2, 0) is 14.3 Å². The standard InChI is InChI=1S/C13H21NO3S/c1-5-9-18-10-8-14-11(15)6-7-12(16)17-13(2,3)4/h1H,6-10H2,2-4H3,(H,14,15). The highest BCUT2D eigenvalue weighted by molar-refractivity contribution is 7.99. The van der Waals surface area contributed by atoms with Crippen LogP contribution in [0.2, 0.25) is 0 Å². The maximum absolute atomic E-state index is 11.4. The number of thioether (sulfide) groups is 1. The molecule has 0 aromatic carbocycles. The van der Waals surface area contributed by atoms with Crippen molar-refractivity contribution in [2.75, 3.05) is 18.1 Å². The van der Waals surface area contributed by atoms with Gasteiger partial charge in [0.25, 0.3) is 0 Å². The van der Waals surface area contributed by atoms with Crippen LogP contribution >= 0.6 is 11.8 Å². The van der Waals surface area contributed by atoms with E-state index in [0.29, 0.717) is 12.3 Å². The molecule has 18 heavy (non-hydrogen) atoms. The summed E-state index contributed by atoms with van der Waals surface area (Å²) in [5, 5.41) is 2.72. The Hall–Kier alpha value is -1.15. The Morgan fingerprint density at radius 3 is 2.56 bits per heavy atom. The fourth-order valence-corrected chi connectivity index (χ4v) is 1.60. The summed E-state index contributed by atoms with van der Waals surface area (Å²) in [6.45, 7) is 5.97. The molecule has 102 valence electrons. The second-order valence-electron chi connectivity index (χ2n) is 4.69. The molecule has 5 heteroatoms. The van der Waals surface area contributed by atoms with Crippen LogP contribution in [-0.4, -0.2) is 35.5 Å². The number of hydrogen-bond acceptors (Lipinski definition) is 4. The zero-order chi connectivity index (χ0) is 14.0. The second-order valence-corrected chi connectivity index (χ2v) is 5.80. The topological polar surface area (TPSA) is 55.4 Å². The van der Waals surface area contributed by atoms with Crippen molar-refractivity contribution in [3.8, 4) is 12.3 Å². The Balaban J connectivity index is 3.59. The van der Waals surface area contributed by atoms with Crippen LogP contribution in [0.3, 0.4) is 0 Å². The molecule has 4 nitrogen and oxygen atoms in total. The monoisotopic (exact) mass is 271 g/mol. The fourth-order valence-electron chi connectivity index (χ4n) is 1.09. The fraction of sp³-hybridized carbons (Fsp3) is 0.692. The van der Waals surface area contributed by atoms with Crippen LogP contribution in [0.1, 0.15) is 33.6 Å². The summed E-state index contributed by atoms with van der Waals surface area (Å²) in [5.41, 5.74) is -0.501. The van der Waals surface area contributed by atoms with Gasteiger partial charge in [-0.2, -0.15) is 0 Å². The highest BCUT2D eigenvalue weighted by Crippen LogP contribution is 2.08. The first-order valence-corrected chi connectivity index (χ1v) is 7.00. The van der Waals surface area contributed by atoms with Crippen molar-refractivity contribution in [2.45, 2.75) is 39.2 Å². The molecule has 0 aromatic rings. The minimum Gasteiger partial charge on any atom is -0.460 e. The Bertz CT molecular complexity index is 315. The van der Waals surface area contributed by atoms with Gasteiger partial charge in [0.1, 0.15) is 5.60 Å². The van der Waals surface area contributed by atoms with Crippen LogP contribution in [0.5, 0.6) is 0 Å². The van der Waals surface area contributed by atoms with Gasteiger partial charge in [-0.3, -0.25) is 9.59 Å². The molecule has 0 rings (SSSR count). The van der Waals surface area contributed by atoms with E-state index in [-0.39, 0.29) is 24.7 Å². The molecule has 0 fully saturated rings. The van der Waals surface area contributed by atoms with Crippen LogP contribution in [0.4, 0.5) is 0 Å². The molecule has 0 bridgehead atoms.